The molecule has 1 aromatic rings. The van der Waals surface area contributed by atoms with E-state index in [4.69, 9.17) is 9.47 Å². The van der Waals surface area contributed by atoms with Gasteiger partial charge in [0.1, 0.15) is 0 Å². The Labute approximate surface area is 149 Å². The molecular formula is C17H19N3O6. The zero-order valence-corrected chi connectivity index (χ0v) is 14.1. The van der Waals surface area contributed by atoms with Crippen LogP contribution in [0.2, 0.25) is 0 Å². The van der Waals surface area contributed by atoms with Gasteiger partial charge in [-0.2, -0.15) is 0 Å². The molecule has 9 heteroatoms. The summed E-state index contributed by atoms with van der Waals surface area (Å²) in [5.41, 5.74) is 0.284. The smallest absolute Gasteiger partial charge is 0.269 e. The van der Waals surface area contributed by atoms with Gasteiger partial charge in [0, 0.05) is 38.1 Å². The molecule has 9 nitrogen and oxygen atoms in total. The first-order valence-electron chi connectivity index (χ1n) is 8.62. The predicted octanol–water partition coefficient (Wildman–Crippen LogP) is 1.07. The summed E-state index contributed by atoms with van der Waals surface area (Å²) in [4.78, 5) is 38.6. The molecule has 4 rings (SSSR count). The Bertz CT molecular complexity index is 733. The monoisotopic (exact) mass is 361 g/mol. The molecular weight excluding hydrogens is 342 g/mol. The Morgan fingerprint density at radius 3 is 2.27 bits per heavy atom. The van der Waals surface area contributed by atoms with Crippen LogP contribution < -0.4 is 4.90 Å². The molecule has 0 unspecified atom stereocenters. The van der Waals surface area contributed by atoms with Crippen LogP contribution in [0.25, 0.3) is 0 Å². The van der Waals surface area contributed by atoms with E-state index in [1.165, 1.54) is 24.3 Å². The molecule has 2 amide bonds. The van der Waals surface area contributed by atoms with Gasteiger partial charge in [0.15, 0.2) is 5.79 Å². The zero-order valence-electron chi connectivity index (χ0n) is 14.1. The first-order valence-corrected chi connectivity index (χ1v) is 8.62. The summed E-state index contributed by atoms with van der Waals surface area (Å²) in [5, 5.41) is 10.8. The number of hydrogen-bond acceptors (Lipinski definition) is 7. The SMILES string of the molecule is O=C1C[C@@H](N2CCC3(CC2)OCCO3)C(=O)N1c1ccc([N+](=O)[O-])cc1. The molecule has 0 saturated carbocycles. The molecule has 3 heterocycles. The van der Waals surface area contributed by atoms with Gasteiger partial charge in [0.25, 0.3) is 11.6 Å². The van der Waals surface area contributed by atoms with Crippen molar-refractivity contribution in [1.82, 2.24) is 4.90 Å². The quantitative estimate of drug-likeness (QED) is 0.451. The molecule has 3 aliphatic heterocycles. The summed E-state index contributed by atoms with van der Waals surface area (Å²) >= 11 is 0. The number of nitro benzene ring substituents is 1. The van der Waals surface area contributed by atoms with Crippen LogP contribution in [0.1, 0.15) is 19.3 Å². The van der Waals surface area contributed by atoms with E-state index in [-0.39, 0.29) is 23.9 Å². The number of likely N-dealkylation sites (tertiary alicyclic amines) is 1. The molecule has 138 valence electrons. The van der Waals surface area contributed by atoms with E-state index >= 15 is 0 Å². The van der Waals surface area contributed by atoms with Crippen molar-refractivity contribution >= 4 is 23.2 Å². The van der Waals surface area contributed by atoms with E-state index in [1.807, 2.05) is 4.90 Å². The molecule has 0 N–H and O–H groups in total. The Morgan fingerprint density at radius 2 is 1.69 bits per heavy atom. The fourth-order valence-electron chi connectivity index (χ4n) is 3.86. The highest BCUT2D eigenvalue weighted by molar-refractivity contribution is 6.22. The van der Waals surface area contributed by atoms with Gasteiger partial charge in [-0.3, -0.25) is 24.6 Å². The van der Waals surface area contributed by atoms with E-state index < -0.39 is 16.8 Å². The number of ether oxygens (including phenoxy) is 2. The number of non-ortho nitro benzene ring substituents is 1. The second-order valence-electron chi connectivity index (χ2n) is 6.70. The minimum atomic E-state index is -0.528. The van der Waals surface area contributed by atoms with Crippen molar-refractivity contribution in [1.29, 1.82) is 0 Å². The molecule has 3 fully saturated rings. The summed E-state index contributed by atoms with van der Waals surface area (Å²) in [6.45, 7) is 2.43. The molecule has 1 spiro atoms. The van der Waals surface area contributed by atoms with Crippen molar-refractivity contribution in [3.63, 3.8) is 0 Å². The van der Waals surface area contributed by atoms with Crippen molar-refractivity contribution in [2.75, 3.05) is 31.2 Å². The minimum absolute atomic E-state index is 0.0812. The molecule has 26 heavy (non-hydrogen) atoms. The van der Waals surface area contributed by atoms with Gasteiger partial charge in [0.05, 0.1) is 36.3 Å². The van der Waals surface area contributed by atoms with Gasteiger partial charge in [-0.15, -0.1) is 0 Å². The number of carbonyl (C=O) groups is 2. The maximum Gasteiger partial charge on any atom is 0.269 e. The lowest BCUT2D eigenvalue weighted by molar-refractivity contribution is -0.384. The van der Waals surface area contributed by atoms with Gasteiger partial charge < -0.3 is 9.47 Å². The van der Waals surface area contributed by atoms with E-state index in [2.05, 4.69) is 0 Å². The highest BCUT2D eigenvalue weighted by Crippen LogP contribution is 2.34. The van der Waals surface area contributed by atoms with Crippen LogP contribution in [0.15, 0.2) is 24.3 Å². The first kappa shape index (κ1) is 17.1. The molecule has 3 aliphatic rings. The van der Waals surface area contributed by atoms with Gasteiger partial charge in [-0.25, -0.2) is 4.90 Å². The number of anilines is 1. The lowest BCUT2D eigenvalue weighted by Crippen LogP contribution is -2.51. The predicted molar refractivity (Wildman–Crippen MR) is 89.4 cm³/mol. The number of benzene rings is 1. The minimum Gasteiger partial charge on any atom is -0.347 e. The van der Waals surface area contributed by atoms with Crippen LogP contribution in [-0.4, -0.2) is 59.8 Å². The van der Waals surface area contributed by atoms with E-state index in [0.717, 1.165) is 4.90 Å². The van der Waals surface area contributed by atoms with E-state index in [9.17, 15) is 19.7 Å². The normalized spacial score (nSPS) is 26.0. The van der Waals surface area contributed by atoms with Crippen molar-refractivity contribution in [2.45, 2.75) is 31.1 Å². The summed E-state index contributed by atoms with van der Waals surface area (Å²) in [6.07, 6.45) is 1.45. The summed E-state index contributed by atoms with van der Waals surface area (Å²) < 4.78 is 11.4. The van der Waals surface area contributed by atoms with Crippen LogP contribution in [0, 0.1) is 10.1 Å². The van der Waals surface area contributed by atoms with Crippen LogP contribution >= 0.6 is 0 Å². The fraction of sp³-hybridized carbons (Fsp3) is 0.529. The first-order chi connectivity index (χ1) is 12.5. The highest BCUT2D eigenvalue weighted by Gasteiger charge is 2.47. The molecule has 3 saturated heterocycles. The summed E-state index contributed by atoms with van der Waals surface area (Å²) in [7, 11) is 0. The van der Waals surface area contributed by atoms with Crippen molar-refractivity contribution < 1.29 is 24.0 Å². The Morgan fingerprint density at radius 1 is 1.08 bits per heavy atom. The summed E-state index contributed by atoms with van der Waals surface area (Å²) in [6, 6.07) is 4.95. The van der Waals surface area contributed by atoms with Crippen molar-refractivity contribution in [3.8, 4) is 0 Å². The van der Waals surface area contributed by atoms with Crippen LogP contribution in [0.5, 0.6) is 0 Å². The molecule has 1 aromatic carbocycles. The average Bonchev–Trinajstić information content (AvgIpc) is 3.20. The van der Waals surface area contributed by atoms with Crippen molar-refractivity contribution in [3.05, 3.63) is 34.4 Å². The van der Waals surface area contributed by atoms with E-state index in [0.29, 0.717) is 44.8 Å². The zero-order chi connectivity index (χ0) is 18.3. The number of imide groups is 1. The number of piperidine rings is 1. The molecule has 0 aromatic heterocycles. The number of rotatable bonds is 3. The number of hydrogen-bond donors (Lipinski definition) is 0. The largest absolute Gasteiger partial charge is 0.347 e. The van der Waals surface area contributed by atoms with Gasteiger partial charge in [-0.05, 0) is 12.1 Å². The molecule has 0 radical (unpaired) electrons. The fourth-order valence-corrected chi connectivity index (χ4v) is 3.86. The van der Waals surface area contributed by atoms with Crippen molar-refractivity contribution in [2.24, 2.45) is 0 Å². The Kier molecular flexibility index (Phi) is 4.22. The summed E-state index contributed by atoms with van der Waals surface area (Å²) in [5.74, 6) is -1.10. The Hall–Kier alpha value is -2.36. The van der Waals surface area contributed by atoms with Crippen LogP contribution in [-0.2, 0) is 19.1 Å². The number of carbonyl (C=O) groups excluding carboxylic acids is 2. The third-order valence-corrected chi connectivity index (χ3v) is 5.26. The van der Waals surface area contributed by atoms with Gasteiger partial charge >= 0.3 is 0 Å². The van der Waals surface area contributed by atoms with Gasteiger partial charge in [0.2, 0.25) is 5.91 Å². The lowest BCUT2D eigenvalue weighted by Gasteiger charge is -2.39. The highest BCUT2D eigenvalue weighted by atomic mass is 16.7. The number of nitro groups is 1. The maximum atomic E-state index is 12.8. The molecule has 1 atom stereocenters. The van der Waals surface area contributed by atoms with E-state index in [1.54, 1.807) is 0 Å². The lowest BCUT2D eigenvalue weighted by atomic mass is 10.0. The second kappa shape index (κ2) is 6.42. The van der Waals surface area contributed by atoms with Crippen LogP contribution in [0.3, 0.4) is 0 Å². The average molecular weight is 361 g/mol. The second-order valence-corrected chi connectivity index (χ2v) is 6.70. The Balaban J connectivity index is 1.46. The topological polar surface area (TPSA) is 102 Å². The maximum absolute atomic E-state index is 12.8. The molecule has 0 bridgehead atoms. The number of nitrogens with zero attached hydrogens (tertiary/aromatic N) is 3. The third kappa shape index (κ3) is 2.87. The van der Waals surface area contributed by atoms with Crippen LogP contribution in [0.4, 0.5) is 11.4 Å². The molecule has 0 aliphatic carbocycles. The number of amides is 2. The van der Waals surface area contributed by atoms with Gasteiger partial charge in [-0.1, -0.05) is 0 Å². The standard InChI is InChI=1S/C17H19N3O6/c21-15-11-14(18-7-5-17(6-8-18)25-9-10-26-17)16(22)19(15)12-1-3-13(4-2-12)20(23)24/h1-4,14H,5-11H2/t14-/m1/s1. The third-order valence-electron chi connectivity index (χ3n) is 5.26.